The van der Waals surface area contributed by atoms with Crippen LogP contribution in [0, 0.1) is 0 Å². The molecule has 3 aliphatic heterocycles. The summed E-state index contributed by atoms with van der Waals surface area (Å²) in [5.74, 6) is 0.156. The Morgan fingerprint density at radius 1 is 1.19 bits per heavy atom. The Bertz CT molecular complexity index is 295. The van der Waals surface area contributed by atoms with E-state index in [1.165, 1.54) is 19.4 Å². The van der Waals surface area contributed by atoms with E-state index in [1.807, 2.05) is 4.90 Å². The van der Waals surface area contributed by atoms with Gasteiger partial charge in [0.2, 0.25) is 5.91 Å². The number of aliphatic hydroxyl groups excluding tert-OH is 1. The maximum Gasteiger partial charge on any atom is 0.225 e. The topological polar surface area (TPSA) is 43.8 Å². The van der Waals surface area contributed by atoms with Crippen LogP contribution in [0.5, 0.6) is 0 Å². The number of amides is 1. The molecule has 0 bridgehead atoms. The molecule has 90 valence electrons. The molecule has 0 aromatic heterocycles. The second kappa shape index (κ2) is 4.00. The second-order valence-corrected chi connectivity index (χ2v) is 5.41. The molecule has 4 heteroatoms. The summed E-state index contributed by atoms with van der Waals surface area (Å²) in [6.45, 7) is 2.94. The van der Waals surface area contributed by atoms with Crippen molar-refractivity contribution in [3.05, 3.63) is 0 Å². The average Bonchev–Trinajstić information content (AvgIpc) is 2.83. The zero-order chi connectivity index (χ0) is 11.1. The van der Waals surface area contributed by atoms with Crippen LogP contribution in [0.4, 0.5) is 0 Å². The molecule has 16 heavy (non-hydrogen) atoms. The highest BCUT2D eigenvalue weighted by molar-refractivity contribution is 5.79. The normalized spacial score (nSPS) is 40.4. The fraction of sp³-hybridized carbons (Fsp3) is 0.917. The van der Waals surface area contributed by atoms with Crippen LogP contribution >= 0.6 is 0 Å². The van der Waals surface area contributed by atoms with Gasteiger partial charge in [0.15, 0.2) is 0 Å². The van der Waals surface area contributed by atoms with E-state index in [9.17, 15) is 9.90 Å². The van der Waals surface area contributed by atoms with E-state index in [0.717, 1.165) is 19.4 Å². The minimum Gasteiger partial charge on any atom is -0.391 e. The van der Waals surface area contributed by atoms with E-state index >= 15 is 0 Å². The SMILES string of the molecule is O=C1CC(O)CN1C1CCN2CCCC2C1. The van der Waals surface area contributed by atoms with Crippen molar-refractivity contribution in [2.45, 2.75) is 50.3 Å². The standard InChI is InChI=1S/C12H20N2O2/c15-11-7-12(16)14(8-11)10-3-5-13-4-1-2-9(13)6-10/h9-11,15H,1-8H2. The Hall–Kier alpha value is -0.610. The van der Waals surface area contributed by atoms with E-state index in [-0.39, 0.29) is 5.91 Å². The molecule has 0 aromatic rings. The van der Waals surface area contributed by atoms with Crippen molar-refractivity contribution in [3.8, 4) is 0 Å². The Balaban J connectivity index is 1.65. The maximum atomic E-state index is 11.7. The predicted octanol–water partition coefficient (Wildman–Crippen LogP) is 0.206. The van der Waals surface area contributed by atoms with Crippen molar-refractivity contribution in [1.82, 2.24) is 9.80 Å². The lowest BCUT2D eigenvalue weighted by molar-refractivity contribution is -0.130. The number of carbonyl (C=O) groups excluding carboxylic acids is 1. The molecule has 0 aromatic carbocycles. The van der Waals surface area contributed by atoms with Gasteiger partial charge in [-0.3, -0.25) is 4.79 Å². The van der Waals surface area contributed by atoms with Crippen LogP contribution in [0.3, 0.4) is 0 Å². The molecule has 3 rings (SSSR count). The van der Waals surface area contributed by atoms with Crippen molar-refractivity contribution in [2.24, 2.45) is 0 Å². The van der Waals surface area contributed by atoms with Crippen LogP contribution < -0.4 is 0 Å². The lowest BCUT2D eigenvalue weighted by Crippen LogP contribution is -2.48. The Labute approximate surface area is 96.2 Å². The van der Waals surface area contributed by atoms with Gasteiger partial charge in [-0.25, -0.2) is 0 Å². The lowest BCUT2D eigenvalue weighted by Gasteiger charge is -2.39. The Kier molecular flexibility index (Phi) is 2.64. The summed E-state index contributed by atoms with van der Waals surface area (Å²) < 4.78 is 0. The third-order valence-corrected chi connectivity index (χ3v) is 4.37. The third-order valence-electron chi connectivity index (χ3n) is 4.37. The lowest BCUT2D eigenvalue weighted by atomic mass is 9.96. The van der Waals surface area contributed by atoms with Gasteiger partial charge < -0.3 is 14.9 Å². The van der Waals surface area contributed by atoms with E-state index < -0.39 is 6.10 Å². The van der Waals surface area contributed by atoms with Gasteiger partial charge in [-0.2, -0.15) is 0 Å². The molecule has 3 unspecified atom stereocenters. The van der Waals surface area contributed by atoms with Crippen molar-refractivity contribution < 1.29 is 9.90 Å². The highest BCUT2D eigenvalue weighted by atomic mass is 16.3. The number of fused-ring (bicyclic) bond motifs is 1. The summed E-state index contributed by atoms with van der Waals surface area (Å²) >= 11 is 0. The number of hydrogen-bond acceptors (Lipinski definition) is 3. The molecule has 0 spiro atoms. The number of carbonyl (C=O) groups is 1. The Morgan fingerprint density at radius 3 is 2.81 bits per heavy atom. The van der Waals surface area contributed by atoms with Gasteiger partial charge in [-0.1, -0.05) is 0 Å². The summed E-state index contributed by atoms with van der Waals surface area (Å²) in [4.78, 5) is 16.2. The first kappa shape index (κ1) is 10.5. The van der Waals surface area contributed by atoms with E-state index in [1.54, 1.807) is 0 Å². The molecular formula is C12H20N2O2. The molecule has 3 atom stereocenters. The highest BCUT2D eigenvalue weighted by Gasteiger charge is 2.39. The van der Waals surface area contributed by atoms with E-state index in [2.05, 4.69) is 4.90 Å². The van der Waals surface area contributed by atoms with Crippen LogP contribution in [0.2, 0.25) is 0 Å². The maximum absolute atomic E-state index is 11.7. The summed E-state index contributed by atoms with van der Waals surface area (Å²) in [5.41, 5.74) is 0. The fourth-order valence-corrected chi connectivity index (χ4v) is 3.55. The van der Waals surface area contributed by atoms with Crippen LogP contribution in [0.25, 0.3) is 0 Å². The predicted molar refractivity (Wildman–Crippen MR) is 60.0 cm³/mol. The first-order valence-electron chi connectivity index (χ1n) is 6.45. The number of β-amino-alcohol motifs (C(OH)–C–C–N with tert-alkyl or cyclic N) is 1. The molecule has 0 radical (unpaired) electrons. The van der Waals surface area contributed by atoms with Crippen molar-refractivity contribution in [2.75, 3.05) is 19.6 Å². The number of nitrogens with zero attached hydrogens (tertiary/aromatic N) is 2. The van der Waals surface area contributed by atoms with Gasteiger partial charge in [-0.05, 0) is 32.2 Å². The van der Waals surface area contributed by atoms with E-state index in [4.69, 9.17) is 0 Å². The summed E-state index contributed by atoms with van der Waals surface area (Å²) in [6, 6.07) is 1.09. The van der Waals surface area contributed by atoms with Crippen molar-refractivity contribution in [3.63, 3.8) is 0 Å². The molecule has 3 aliphatic rings. The number of hydrogen-bond donors (Lipinski definition) is 1. The summed E-state index contributed by atoms with van der Waals surface area (Å²) in [5, 5.41) is 9.52. The third kappa shape index (κ3) is 1.74. The molecule has 0 aliphatic carbocycles. The largest absolute Gasteiger partial charge is 0.391 e. The van der Waals surface area contributed by atoms with Crippen LogP contribution in [0.1, 0.15) is 32.1 Å². The van der Waals surface area contributed by atoms with Crippen molar-refractivity contribution >= 4 is 5.91 Å². The summed E-state index contributed by atoms with van der Waals surface area (Å²) in [7, 11) is 0. The molecule has 3 heterocycles. The average molecular weight is 224 g/mol. The minimum atomic E-state index is -0.422. The molecule has 3 fully saturated rings. The fourth-order valence-electron chi connectivity index (χ4n) is 3.55. The van der Waals surface area contributed by atoms with Crippen LogP contribution in [0.15, 0.2) is 0 Å². The molecule has 3 saturated heterocycles. The molecular weight excluding hydrogens is 204 g/mol. The monoisotopic (exact) mass is 224 g/mol. The van der Waals surface area contributed by atoms with E-state index in [0.29, 0.717) is 25.0 Å². The van der Waals surface area contributed by atoms with Crippen LogP contribution in [-0.4, -0.2) is 58.6 Å². The number of likely N-dealkylation sites (tertiary alicyclic amines) is 1. The van der Waals surface area contributed by atoms with Gasteiger partial charge in [0.1, 0.15) is 0 Å². The molecule has 1 amide bonds. The zero-order valence-corrected chi connectivity index (χ0v) is 9.64. The quantitative estimate of drug-likeness (QED) is 0.692. The Morgan fingerprint density at radius 2 is 2.06 bits per heavy atom. The zero-order valence-electron chi connectivity index (χ0n) is 9.64. The highest BCUT2D eigenvalue weighted by Crippen LogP contribution is 2.31. The minimum absolute atomic E-state index is 0.156. The number of aliphatic hydroxyl groups is 1. The summed E-state index contributed by atoms with van der Waals surface area (Å²) in [6.07, 6.45) is 4.74. The van der Waals surface area contributed by atoms with Crippen LogP contribution in [-0.2, 0) is 4.79 Å². The second-order valence-electron chi connectivity index (χ2n) is 5.41. The van der Waals surface area contributed by atoms with Crippen molar-refractivity contribution in [1.29, 1.82) is 0 Å². The number of piperidine rings is 1. The van der Waals surface area contributed by atoms with Gasteiger partial charge >= 0.3 is 0 Å². The van der Waals surface area contributed by atoms with Gasteiger partial charge in [-0.15, -0.1) is 0 Å². The number of rotatable bonds is 1. The molecule has 4 nitrogen and oxygen atoms in total. The smallest absolute Gasteiger partial charge is 0.225 e. The molecule has 1 N–H and O–H groups in total. The first-order valence-corrected chi connectivity index (χ1v) is 6.45. The van der Waals surface area contributed by atoms with Gasteiger partial charge in [0.05, 0.1) is 12.5 Å². The first-order chi connectivity index (χ1) is 7.74. The molecule has 0 saturated carbocycles. The van der Waals surface area contributed by atoms with Gasteiger partial charge in [0.25, 0.3) is 0 Å². The van der Waals surface area contributed by atoms with Gasteiger partial charge in [0, 0.05) is 25.2 Å².